The molecule has 3 rings (SSSR count). The molecule has 0 aliphatic carbocycles. The van der Waals surface area contributed by atoms with Crippen LogP contribution in [0.2, 0.25) is 0 Å². The number of aryl methyl sites for hydroxylation is 1. The summed E-state index contributed by atoms with van der Waals surface area (Å²) in [4.78, 5) is 13.5. The number of carbonyl (C=O) groups excluding carboxylic acids is 1. The maximum absolute atomic E-state index is 13.3. The van der Waals surface area contributed by atoms with E-state index in [-0.39, 0.29) is 21.4 Å². The van der Waals surface area contributed by atoms with Crippen LogP contribution in [-0.2, 0) is 21.1 Å². The monoisotopic (exact) mass is 593 g/mol. The quantitative estimate of drug-likeness (QED) is 0.135. The number of aromatic hydroxyl groups is 1. The van der Waals surface area contributed by atoms with E-state index in [1.54, 1.807) is 12.1 Å². The summed E-state index contributed by atoms with van der Waals surface area (Å²) >= 11 is 0. The molecule has 3 aromatic rings. The van der Waals surface area contributed by atoms with Crippen molar-refractivity contribution < 1.29 is 23.1 Å². The van der Waals surface area contributed by atoms with Crippen LogP contribution in [0.15, 0.2) is 82.6 Å². The maximum Gasteiger partial charge on any atom is 0.265 e. The number of hydrogen-bond donors (Lipinski definition) is 2. The molecule has 1 unspecified atom stereocenters. The molecule has 3 aromatic carbocycles. The predicted molar refractivity (Wildman–Crippen MR) is 170 cm³/mol. The van der Waals surface area contributed by atoms with E-state index in [1.807, 2.05) is 24.3 Å². The van der Waals surface area contributed by atoms with Gasteiger partial charge in [-0.05, 0) is 85.5 Å². The number of nitrogens with one attached hydrogen (secondary N) is 1. The number of rotatable bonds is 19. The number of carbonyl (C=O) groups is 1. The Labute approximate surface area is 252 Å². The van der Waals surface area contributed by atoms with Gasteiger partial charge < -0.3 is 15.2 Å². The first kappa shape index (κ1) is 33.2. The van der Waals surface area contributed by atoms with Gasteiger partial charge in [-0.1, -0.05) is 90.2 Å². The summed E-state index contributed by atoms with van der Waals surface area (Å²) in [5, 5.41) is 12.5. The highest BCUT2D eigenvalue weighted by Gasteiger charge is 2.22. The fraction of sp³-hybridized carbons (Fsp3) is 0.457. The Morgan fingerprint density at radius 3 is 1.79 bits per heavy atom. The van der Waals surface area contributed by atoms with Crippen LogP contribution in [0.4, 0.5) is 5.69 Å². The molecule has 0 fully saturated rings. The molecule has 0 saturated carbocycles. The molecule has 42 heavy (non-hydrogen) atoms. The number of phenols is 1. The van der Waals surface area contributed by atoms with E-state index in [4.69, 9.17) is 4.74 Å². The van der Waals surface area contributed by atoms with Gasteiger partial charge in [0.2, 0.25) is 9.84 Å². The van der Waals surface area contributed by atoms with Gasteiger partial charge in [0.1, 0.15) is 11.5 Å². The number of ether oxygens (including phenoxy) is 1. The number of benzene rings is 3. The minimum atomic E-state index is -3.74. The first-order chi connectivity index (χ1) is 20.3. The third-order valence-electron chi connectivity index (χ3n) is 7.43. The molecular formula is C35H47NO5S. The van der Waals surface area contributed by atoms with Gasteiger partial charge in [0.05, 0.1) is 9.79 Å². The average molecular weight is 594 g/mol. The Morgan fingerprint density at radius 2 is 1.24 bits per heavy atom. The van der Waals surface area contributed by atoms with Crippen LogP contribution >= 0.6 is 0 Å². The molecular weight excluding hydrogens is 546 g/mol. The predicted octanol–water partition coefficient (Wildman–Crippen LogP) is 8.87. The summed E-state index contributed by atoms with van der Waals surface area (Å²) in [6.45, 7) is 4.38. The van der Waals surface area contributed by atoms with E-state index >= 15 is 0 Å². The fourth-order valence-electron chi connectivity index (χ4n) is 4.95. The summed E-state index contributed by atoms with van der Waals surface area (Å²) in [7, 11) is -3.74. The van der Waals surface area contributed by atoms with Crippen molar-refractivity contribution in [2.45, 2.75) is 113 Å². The highest BCUT2D eigenvalue weighted by molar-refractivity contribution is 7.91. The molecule has 7 heteroatoms. The van der Waals surface area contributed by atoms with Gasteiger partial charge in [-0.15, -0.1) is 0 Å². The van der Waals surface area contributed by atoms with Crippen molar-refractivity contribution in [3.63, 3.8) is 0 Å². The lowest BCUT2D eigenvalue weighted by atomic mass is 10.0. The van der Waals surface area contributed by atoms with Gasteiger partial charge in [0, 0.05) is 5.69 Å². The summed E-state index contributed by atoms with van der Waals surface area (Å²) < 4.78 is 32.1. The average Bonchev–Trinajstić information content (AvgIpc) is 2.99. The third-order valence-corrected chi connectivity index (χ3v) is 9.22. The Kier molecular flexibility index (Phi) is 13.9. The van der Waals surface area contributed by atoms with Crippen LogP contribution in [0, 0.1) is 0 Å². The first-order valence-corrected chi connectivity index (χ1v) is 17.0. The van der Waals surface area contributed by atoms with E-state index in [1.165, 1.54) is 86.9 Å². The van der Waals surface area contributed by atoms with Crippen molar-refractivity contribution >= 4 is 21.4 Å². The van der Waals surface area contributed by atoms with Crippen LogP contribution in [0.3, 0.4) is 0 Å². The largest absolute Gasteiger partial charge is 0.508 e. The smallest absolute Gasteiger partial charge is 0.265 e. The van der Waals surface area contributed by atoms with Gasteiger partial charge in [-0.2, -0.15) is 0 Å². The van der Waals surface area contributed by atoms with Gasteiger partial charge >= 0.3 is 0 Å². The zero-order chi connectivity index (χ0) is 30.2. The fourth-order valence-corrected chi connectivity index (χ4v) is 6.21. The molecule has 0 saturated heterocycles. The number of sulfone groups is 1. The molecule has 0 spiro atoms. The van der Waals surface area contributed by atoms with E-state index in [2.05, 4.69) is 19.2 Å². The van der Waals surface area contributed by atoms with Crippen molar-refractivity contribution in [1.29, 1.82) is 0 Å². The highest BCUT2D eigenvalue weighted by atomic mass is 32.2. The van der Waals surface area contributed by atoms with Crippen LogP contribution < -0.4 is 10.1 Å². The lowest BCUT2D eigenvalue weighted by Crippen LogP contribution is -2.33. The Balaban J connectivity index is 1.61. The second-order valence-corrected chi connectivity index (χ2v) is 12.9. The molecule has 0 aromatic heterocycles. The molecule has 0 aliphatic rings. The summed E-state index contributed by atoms with van der Waals surface area (Å²) in [5.74, 6) is 0.224. The normalized spacial score (nSPS) is 12.1. The second kappa shape index (κ2) is 17.6. The first-order valence-electron chi connectivity index (χ1n) is 15.5. The highest BCUT2D eigenvalue weighted by Crippen LogP contribution is 2.26. The van der Waals surface area contributed by atoms with Crippen molar-refractivity contribution in [2.24, 2.45) is 0 Å². The van der Waals surface area contributed by atoms with E-state index in [9.17, 15) is 18.3 Å². The van der Waals surface area contributed by atoms with Crippen molar-refractivity contribution in [2.75, 3.05) is 5.32 Å². The van der Waals surface area contributed by atoms with Crippen LogP contribution in [0.5, 0.6) is 11.5 Å². The van der Waals surface area contributed by atoms with E-state index in [0.717, 1.165) is 37.8 Å². The second-order valence-electron chi connectivity index (χ2n) is 11.0. The number of amides is 1. The zero-order valence-electron chi connectivity index (χ0n) is 25.2. The summed E-state index contributed by atoms with van der Waals surface area (Å²) in [6, 6.07) is 19.5. The van der Waals surface area contributed by atoms with Crippen molar-refractivity contribution in [3.8, 4) is 11.5 Å². The van der Waals surface area contributed by atoms with Gasteiger partial charge in [0.15, 0.2) is 6.10 Å². The van der Waals surface area contributed by atoms with Gasteiger partial charge in [-0.3, -0.25) is 4.79 Å². The molecule has 0 heterocycles. The van der Waals surface area contributed by atoms with Crippen LogP contribution in [-0.4, -0.2) is 25.5 Å². The summed E-state index contributed by atoms with van der Waals surface area (Å²) in [5.41, 5.74) is 1.96. The number of anilines is 1. The lowest BCUT2D eigenvalue weighted by molar-refractivity contribution is -0.123. The maximum atomic E-state index is 13.3. The molecule has 2 N–H and O–H groups in total. The Hall–Kier alpha value is -3.32. The standard InChI is InChI=1S/C35H47NO5S/c1-3-5-6-7-8-9-10-11-12-13-15-34(35(38)36-29-18-16-28(14-4-2)17-19-29)41-31-22-26-33(27-23-31)42(39,40)32-24-20-30(37)21-25-32/h16-27,34,37H,3-15H2,1-2H3,(H,36,38). The van der Waals surface area contributed by atoms with Crippen LogP contribution in [0.25, 0.3) is 0 Å². The van der Waals surface area contributed by atoms with Crippen molar-refractivity contribution in [3.05, 3.63) is 78.4 Å². The molecule has 0 radical (unpaired) electrons. The molecule has 1 amide bonds. The SMILES string of the molecule is CCCCCCCCCCCCC(Oc1ccc(S(=O)(=O)c2ccc(O)cc2)cc1)C(=O)Nc1ccc(CCC)cc1. The number of hydrogen-bond acceptors (Lipinski definition) is 5. The lowest BCUT2D eigenvalue weighted by Gasteiger charge is -2.19. The van der Waals surface area contributed by atoms with E-state index < -0.39 is 15.9 Å². The molecule has 0 aliphatic heterocycles. The summed E-state index contributed by atoms with van der Waals surface area (Å²) in [6.07, 6.45) is 14.0. The van der Waals surface area contributed by atoms with E-state index in [0.29, 0.717) is 12.2 Å². The minimum absolute atomic E-state index is 0.00123. The van der Waals surface area contributed by atoms with Gasteiger partial charge in [0.25, 0.3) is 5.91 Å². The minimum Gasteiger partial charge on any atom is -0.508 e. The zero-order valence-corrected chi connectivity index (χ0v) is 26.0. The molecule has 0 bridgehead atoms. The topological polar surface area (TPSA) is 92.7 Å². The molecule has 6 nitrogen and oxygen atoms in total. The van der Waals surface area contributed by atoms with Crippen LogP contribution in [0.1, 0.15) is 96.5 Å². The third kappa shape index (κ3) is 10.8. The molecule has 228 valence electrons. The van der Waals surface area contributed by atoms with Gasteiger partial charge in [-0.25, -0.2) is 8.42 Å². The number of phenolic OH excluding ortho intramolecular Hbond substituents is 1. The molecule has 1 atom stereocenters. The van der Waals surface area contributed by atoms with Crippen molar-refractivity contribution in [1.82, 2.24) is 0 Å². The Morgan fingerprint density at radius 1 is 0.714 bits per heavy atom. The Bertz CT molecular complexity index is 1300. The number of unbranched alkanes of at least 4 members (excludes halogenated alkanes) is 9.